The summed E-state index contributed by atoms with van der Waals surface area (Å²) >= 11 is 0. The Labute approximate surface area is 151 Å². The van der Waals surface area contributed by atoms with E-state index in [-0.39, 0.29) is 17.9 Å². The van der Waals surface area contributed by atoms with Gasteiger partial charge in [-0.2, -0.15) is 13.2 Å². The zero-order chi connectivity index (χ0) is 18.8. The molecule has 0 atom stereocenters. The molecule has 0 unspecified atom stereocenters. The Balaban J connectivity index is 1.54. The summed E-state index contributed by atoms with van der Waals surface area (Å²) < 4.78 is 37.9. The van der Waals surface area contributed by atoms with Crippen LogP contribution in [-0.4, -0.2) is 53.6 Å². The van der Waals surface area contributed by atoms with Crippen LogP contribution in [0, 0.1) is 5.41 Å². The normalized spacial score (nSPS) is 21.4. The molecule has 144 valence electrons. The monoisotopic (exact) mass is 370 g/mol. The number of hydrogen-bond donors (Lipinski definition) is 1. The van der Waals surface area contributed by atoms with Crippen molar-refractivity contribution in [2.75, 3.05) is 32.8 Å². The van der Waals surface area contributed by atoms with Crippen LogP contribution in [0.1, 0.15) is 36.8 Å². The first-order valence-corrected chi connectivity index (χ1v) is 9.08. The summed E-state index contributed by atoms with van der Waals surface area (Å²) in [5.74, 6) is 0.122. The van der Waals surface area contributed by atoms with E-state index < -0.39 is 11.7 Å². The van der Waals surface area contributed by atoms with Crippen molar-refractivity contribution in [2.45, 2.75) is 38.4 Å². The molecule has 0 bridgehead atoms. The van der Waals surface area contributed by atoms with E-state index in [0.29, 0.717) is 26.1 Å². The van der Waals surface area contributed by atoms with Crippen LogP contribution in [-0.2, 0) is 17.5 Å². The van der Waals surface area contributed by atoms with E-state index in [2.05, 4.69) is 4.90 Å². The van der Waals surface area contributed by atoms with Crippen LogP contribution in [0.4, 0.5) is 13.2 Å². The highest BCUT2D eigenvalue weighted by Gasteiger charge is 2.40. The standard InChI is InChI=1S/C19H25F3N2O2/c20-19(21,22)16-3-1-15(2-4-16)13-23-9-7-18(8-10-23)6-5-17(26)24(14-18)11-12-25/h1-4,25H,5-14H2. The number of amides is 1. The van der Waals surface area contributed by atoms with Crippen LogP contribution in [0.25, 0.3) is 0 Å². The number of benzene rings is 1. The van der Waals surface area contributed by atoms with E-state index in [1.165, 1.54) is 0 Å². The van der Waals surface area contributed by atoms with Crippen molar-refractivity contribution in [3.8, 4) is 0 Å². The number of alkyl halides is 3. The van der Waals surface area contributed by atoms with Gasteiger partial charge in [-0.05, 0) is 55.5 Å². The largest absolute Gasteiger partial charge is 0.416 e. The molecular formula is C19H25F3N2O2. The molecule has 2 fully saturated rings. The number of carbonyl (C=O) groups excluding carboxylic acids is 1. The molecule has 0 aromatic heterocycles. The maximum atomic E-state index is 12.6. The van der Waals surface area contributed by atoms with E-state index in [1.807, 2.05) is 0 Å². The number of nitrogens with zero attached hydrogens (tertiary/aromatic N) is 2. The average molecular weight is 370 g/mol. The minimum atomic E-state index is -4.30. The molecule has 1 aromatic rings. The zero-order valence-corrected chi connectivity index (χ0v) is 14.8. The van der Waals surface area contributed by atoms with Crippen molar-refractivity contribution in [3.63, 3.8) is 0 Å². The molecule has 2 aliphatic rings. The second kappa shape index (κ2) is 7.56. The Bertz CT molecular complexity index is 623. The number of halogens is 3. The Morgan fingerprint density at radius 2 is 1.73 bits per heavy atom. The van der Waals surface area contributed by atoms with E-state index in [9.17, 15) is 18.0 Å². The molecule has 1 aromatic carbocycles. The number of aliphatic hydroxyl groups excluding tert-OH is 1. The first-order chi connectivity index (χ1) is 12.3. The predicted molar refractivity (Wildman–Crippen MR) is 91.3 cm³/mol. The van der Waals surface area contributed by atoms with Gasteiger partial charge in [0.2, 0.25) is 5.91 Å². The molecule has 1 N–H and O–H groups in total. The maximum Gasteiger partial charge on any atom is 0.416 e. The molecule has 0 saturated carbocycles. The van der Waals surface area contributed by atoms with E-state index in [4.69, 9.17) is 5.11 Å². The van der Waals surface area contributed by atoms with Gasteiger partial charge in [-0.3, -0.25) is 9.69 Å². The zero-order valence-electron chi connectivity index (χ0n) is 14.8. The van der Waals surface area contributed by atoms with Gasteiger partial charge >= 0.3 is 6.18 Å². The summed E-state index contributed by atoms with van der Waals surface area (Å²) in [4.78, 5) is 16.0. The summed E-state index contributed by atoms with van der Waals surface area (Å²) in [6, 6.07) is 5.38. The molecule has 1 spiro atoms. The fourth-order valence-electron chi connectivity index (χ4n) is 4.08. The first kappa shape index (κ1) is 19.2. The lowest BCUT2D eigenvalue weighted by Gasteiger charge is -2.47. The lowest BCUT2D eigenvalue weighted by Crippen LogP contribution is -2.51. The highest BCUT2D eigenvalue weighted by Crippen LogP contribution is 2.40. The van der Waals surface area contributed by atoms with Crippen LogP contribution in [0.5, 0.6) is 0 Å². The van der Waals surface area contributed by atoms with Crippen LogP contribution >= 0.6 is 0 Å². The van der Waals surface area contributed by atoms with Crippen molar-refractivity contribution in [1.82, 2.24) is 9.80 Å². The Kier molecular flexibility index (Phi) is 5.58. The third-order valence-corrected chi connectivity index (χ3v) is 5.72. The highest BCUT2D eigenvalue weighted by atomic mass is 19.4. The molecular weight excluding hydrogens is 345 g/mol. The van der Waals surface area contributed by atoms with Crippen LogP contribution in [0.15, 0.2) is 24.3 Å². The van der Waals surface area contributed by atoms with Crippen molar-refractivity contribution >= 4 is 5.91 Å². The summed E-state index contributed by atoms with van der Waals surface area (Å²) in [6.07, 6.45) is -0.915. The summed E-state index contributed by atoms with van der Waals surface area (Å²) in [6.45, 7) is 3.50. The lowest BCUT2D eigenvalue weighted by molar-refractivity contribution is -0.139. The van der Waals surface area contributed by atoms with Gasteiger partial charge in [0.05, 0.1) is 12.2 Å². The van der Waals surface area contributed by atoms with Gasteiger partial charge in [-0.15, -0.1) is 0 Å². The van der Waals surface area contributed by atoms with Crippen molar-refractivity contribution in [3.05, 3.63) is 35.4 Å². The number of likely N-dealkylation sites (tertiary alicyclic amines) is 2. The number of aliphatic hydroxyl groups is 1. The van der Waals surface area contributed by atoms with Gasteiger partial charge in [0.25, 0.3) is 0 Å². The molecule has 0 radical (unpaired) electrons. The number of piperidine rings is 2. The first-order valence-electron chi connectivity index (χ1n) is 9.08. The number of carbonyl (C=O) groups is 1. The second-order valence-corrected chi connectivity index (χ2v) is 7.51. The molecule has 2 heterocycles. The Hall–Kier alpha value is -1.60. The Morgan fingerprint density at radius 1 is 1.08 bits per heavy atom. The second-order valence-electron chi connectivity index (χ2n) is 7.51. The average Bonchev–Trinajstić information content (AvgIpc) is 2.60. The Morgan fingerprint density at radius 3 is 2.31 bits per heavy atom. The SMILES string of the molecule is O=C1CCC2(CCN(Cc3ccc(C(F)(F)F)cc3)CC2)CN1CCO. The van der Waals surface area contributed by atoms with Crippen molar-refractivity contribution in [2.24, 2.45) is 5.41 Å². The highest BCUT2D eigenvalue weighted by molar-refractivity contribution is 5.77. The van der Waals surface area contributed by atoms with E-state index >= 15 is 0 Å². The summed E-state index contributed by atoms with van der Waals surface area (Å²) in [5, 5.41) is 9.13. The topological polar surface area (TPSA) is 43.8 Å². The van der Waals surface area contributed by atoms with Crippen LogP contribution in [0.2, 0.25) is 0 Å². The maximum absolute atomic E-state index is 12.6. The number of β-amino-alcohol motifs (C(OH)–C–C–N with tert-alkyl or cyclic N) is 1. The molecule has 7 heteroatoms. The van der Waals surface area contributed by atoms with Gasteiger partial charge in [-0.1, -0.05) is 12.1 Å². The lowest BCUT2D eigenvalue weighted by atomic mass is 9.72. The van der Waals surface area contributed by atoms with Gasteiger partial charge < -0.3 is 10.0 Å². The van der Waals surface area contributed by atoms with Gasteiger partial charge in [0.1, 0.15) is 0 Å². The van der Waals surface area contributed by atoms with Crippen LogP contribution in [0.3, 0.4) is 0 Å². The van der Waals surface area contributed by atoms with Crippen LogP contribution < -0.4 is 0 Å². The minimum absolute atomic E-state index is 0.0120. The quantitative estimate of drug-likeness (QED) is 0.886. The molecule has 3 rings (SSSR count). The van der Waals surface area contributed by atoms with E-state index in [1.54, 1.807) is 17.0 Å². The molecule has 2 saturated heterocycles. The number of hydrogen-bond acceptors (Lipinski definition) is 3. The van der Waals surface area contributed by atoms with E-state index in [0.717, 1.165) is 50.0 Å². The molecule has 2 aliphatic heterocycles. The van der Waals surface area contributed by atoms with Gasteiger partial charge in [-0.25, -0.2) is 0 Å². The number of rotatable bonds is 4. The fourth-order valence-corrected chi connectivity index (χ4v) is 4.08. The minimum Gasteiger partial charge on any atom is -0.395 e. The predicted octanol–water partition coefficient (Wildman–Crippen LogP) is 2.90. The smallest absolute Gasteiger partial charge is 0.395 e. The van der Waals surface area contributed by atoms with Gasteiger partial charge in [0, 0.05) is 26.1 Å². The third kappa shape index (κ3) is 4.38. The van der Waals surface area contributed by atoms with Crippen molar-refractivity contribution < 1.29 is 23.1 Å². The molecule has 26 heavy (non-hydrogen) atoms. The van der Waals surface area contributed by atoms with Crippen molar-refractivity contribution in [1.29, 1.82) is 0 Å². The summed E-state index contributed by atoms with van der Waals surface area (Å²) in [5.41, 5.74) is 0.393. The third-order valence-electron chi connectivity index (χ3n) is 5.72. The molecule has 1 amide bonds. The van der Waals surface area contributed by atoms with Gasteiger partial charge in [0.15, 0.2) is 0 Å². The fraction of sp³-hybridized carbons (Fsp3) is 0.632. The summed E-state index contributed by atoms with van der Waals surface area (Å²) in [7, 11) is 0. The molecule has 0 aliphatic carbocycles. The molecule has 4 nitrogen and oxygen atoms in total.